The smallest absolute Gasteiger partial charge is 0.221 e. The van der Waals surface area contributed by atoms with Gasteiger partial charge in [0.25, 0.3) is 0 Å². The second-order valence-electron chi connectivity index (χ2n) is 6.38. The fourth-order valence-corrected chi connectivity index (χ4v) is 3.43. The monoisotopic (exact) mass is 343 g/mol. The summed E-state index contributed by atoms with van der Waals surface area (Å²) in [6.07, 6.45) is 2.59. The summed E-state index contributed by atoms with van der Waals surface area (Å²) in [6.45, 7) is 1.47. The highest BCUT2D eigenvalue weighted by Crippen LogP contribution is 2.31. The Morgan fingerprint density at radius 1 is 1.04 bits per heavy atom. The maximum Gasteiger partial charge on any atom is 0.221 e. The molecule has 0 saturated carbocycles. The van der Waals surface area contributed by atoms with E-state index in [0.717, 1.165) is 41.3 Å². The van der Waals surface area contributed by atoms with Crippen LogP contribution in [-0.4, -0.2) is 22.3 Å². The summed E-state index contributed by atoms with van der Waals surface area (Å²) >= 11 is 0. The summed E-state index contributed by atoms with van der Waals surface area (Å²) < 4.78 is 5.61. The molecule has 0 fully saturated rings. The van der Waals surface area contributed by atoms with E-state index in [-0.39, 0.29) is 5.95 Å². The molecule has 3 N–H and O–H groups in total. The molecule has 0 spiro atoms. The van der Waals surface area contributed by atoms with Crippen molar-refractivity contribution in [1.82, 2.24) is 9.97 Å². The summed E-state index contributed by atoms with van der Waals surface area (Å²) in [5, 5.41) is 3.28. The molecular formula is C20H17N5O. The summed E-state index contributed by atoms with van der Waals surface area (Å²) in [5.74, 6) is 1.91. The van der Waals surface area contributed by atoms with Crippen LogP contribution in [0.2, 0.25) is 0 Å². The van der Waals surface area contributed by atoms with Crippen molar-refractivity contribution in [3.05, 3.63) is 70.9 Å². The van der Waals surface area contributed by atoms with Crippen molar-refractivity contribution in [2.75, 3.05) is 17.7 Å². The lowest BCUT2D eigenvalue weighted by Crippen LogP contribution is -2.03. The number of aromatic nitrogens is 2. The highest BCUT2D eigenvalue weighted by Gasteiger charge is 2.20. The minimum atomic E-state index is 0.249. The van der Waals surface area contributed by atoms with Crippen molar-refractivity contribution in [2.45, 2.75) is 13.0 Å². The number of ether oxygens (including phenoxy) is 1. The molecule has 0 bridgehead atoms. The molecule has 2 aliphatic heterocycles. The van der Waals surface area contributed by atoms with E-state index >= 15 is 0 Å². The predicted molar refractivity (Wildman–Crippen MR) is 101 cm³/mol. The quantitative estimate of drug-likeness (QED) is 0.763. The fourth-order valence-electron chi connectivity index (χ4n) is 3.43. The van der Waals surface area contributed by atoms with Gasteiger partial charge in [-0.05, 0) is 47.5 Å². The molecule has 0 amide bonds. The van der Waals surface area contributed by atoms with Crippen LogP contribution >= 0.6 is 0 Å². The number of hydrogen-bond donors (Lipinski definition) is 2. The zero-order valence-corrected chi connectivity index (χ0v) is 14.1. The van der Waals surface area contributed by atoms with Crippen LogP contribution in [0.5, 0.6) is 5.75 Å². The van der Waals surface area contributed by atoms with E-state index in [4.69, 9.17) is 15.5 Å². The molecule has 6 heteroatoms. The standard InChI is InChI=1S/C20H17N5O/c21-20-22-7-5-18(25-20)24-15-3-1-14-11-23-19(16(14)10-15)13-2-4-17-12(9-13)6-8-26-17/h1-5,7,9-10H,6,8,11H2,(H3,21,22,24,25). The van der Waals surface area contributed by atoms with Crippen molar-refractivity contribution in [1.29, 1.82) is 0 Å². The molecule has 0 radical (unpaired) electrons. The van der Waals surface area contributed by atoms with E-state index in [1.165, 1.54) is 11.1 Å². The minimum absolute atomic E-state index is 0.249. The van der Waals surface area contributed by atoms with Gasteiger partial charge in [0.05, 0.1) is 18.9 Å². The van der Waals surface area contributed by atoms with Gasteiger partial charge in [0.15, 0.2) is 0 Å². The van der Waals surface area contributed by atoms with Crippen LogP contribution in [0, 0.1) is 0 Å². The van der Waals surface area contributed by atoms with Crippen LogP contribution in [0.1, 0.15) is 22.3 Å². The Morgan fingerprint density at radius 3 is 2.92 bits per heavy atom. The van der Waals surface area contributed by atoms with Crippen LogP contribution in [0.4, 0.5) is 17.5 Å². The normalized spacial score (nSPS) is 14.4. The minimum Gasteiger partial charge on any atom is -0.493 e. The molecule has 26 heavy (non-hydrogen) atoms. The van der Waals surface area contributed by atoms with Crippen molar-refractivity contribution >= 4 is 23.2 Å². The maximum absolute atomic E-state index is 5.65. The molecule has 0 saturated heterocycles. The van der Waals surface area contributed by atoms with E-state index < -0.39 is 0 Å². The summed E-state index contributed by atoms with van der Waals surface area (Å²) in [7, 11) is 0. The lowest BCUT2D eigenvalue weighted by Gasteiger charge is -2.10. The van der Waals surface area contributed by atoms with Gasteiger partial charge in [0.1, 0.15) is 11.6 Å². The topological polar surface area (TPSA) is 85.4 Å². The Kier molecular flexibility index (Phi) is 3.35. The van der Waals surface area contributed by atoms with Crippen LogP contribution in [-0.2, 0) is 13.0 Å². The van der Waals surface area contributed by atoms with Gasteiger partial charge < -0.3 is 15.8 Å². The molecule has 3 heterocycles. The fraction of sp³-hybridized carbons (Fsp3) is 0.150. The number of nitrogens with two attached hydrogens (primary N) is 1. The Morgan fingerprint density at radius 2 is 2.00 bits per heavy atom. The predicted octanol–water partition coefficient (Wildman–Crippen LogP) is 3.09. The molecule has 3 aromatic rings. The first-order valence-corrected chi connectivity index (χ1v) is 8.56. The number of anilines is 3. The van der Waals surface area contributed by atoms with Gasteiger partial charge in [-0.25, -0.2) is 4.98 Å². The molecular weight excluding hydrogens is 326 g/mol. The SMILES string of the molecule is Nc1nccc(Nc2ccc3c(c2)C(c2ccc4c(c2)CCO4)=NC3)n1. The average molecular weight is 343 g/mol. The third-order valence-electron chi connectivity index (χ3n) is 4.68. The van der Waals surface area contributed by atoms with Gasteiger partial charge >= 0.3 is 0 Å². The van der Waals surface area contributed by atoms with E-state index in [2.05, 4.69) is 39.6 Å². The lowest BCUT2D eigenvalue weighted by atomic mass is 9.97. The third-order valence-corrected chi connectivity index (χ3v) is 4.68. The second kappa shape index (κ2) is 5.84. The first-order chi connectivity index (χ1) is 12.8. The number of nitrogens with one attached hydrogen (secondary N) is 1. The first-order valence-electron chi connectivity index (χ1n) is 8.56. The van der Waals surface area contributed by atoms with Gasteiger partial charge in [0, 0.05) is 29.4 Å². The van der Waals surface area contributed by atoms with E-state index in [0.29, 0.717) is 12.4 Å². The van der Waals surface area contributed by atoms with Crippen molar-refractivity contribution < 1.29 is 4.74 Å². The number of nitrogen functional groups attached to an aromatic ring is 1. The largest absolute Gasteiger partial charge is 0.493 e. The highest BCUT2D eigenvalue weighted by atomic mass is 16.5. The number of rotatable bonds is 3. The summed E-state index contributed by atoms with van der Waals surface area (Å²) in [5.41, 5.74) is 12.4. The van der Waals surface area contributed by atoms with Gasteiger partial charge in [-0.2, -0.15) is 4.98 Å². The van der Waals surface area contributed by atoms with Gasteiger partial charge in [0.2, 0.25) is 5.95 Å². The second-order valence-corrected chi connectivity index (χ2v) is 6.38. The Hall–Kier alpha value is -3.41. The molecule has 2 aromatic carbocycles. The number of benzene rings is 2. The summed E-state index contributed by atoms with van der Waals surface area (Å²) in [4.78, 5) is 12.9. The lowest BCUT2D eigenvalue weighted by molar-refractivity contribution is 0.357. The van der Waals surface area contributed by atoms with E-state index in [9.17, 15) is 0 Å². The number of fused-ring (bicyclic) bond motifs is 2. The maximum atomic E-state index is 5.65. The van der Waals surface area contributed by atoms with Crippen molar-refractivity contribution in [2.24, 2.45) is 4.99 Å². The highest BCUT2D eigenvalue weighted by molar-refractivity contribution is 6.15. The first kappa shape index (κ1) is 14.9. The zero-order valence-electron chi connectivity index (χ0n) is 14.1. The Labute approximate surface area is 150 Å². The van der Waals surface area contributed by atoms with E-state index in [1.54, 1.807) is 12.3 Å². The molecule has 0 unspecified atom stereocenters. The third kappa shape index (κ3) is 2.56. The number of aliphatic imine (C=N–C) groups is 1. The van der Waals surface area contributed by atoms with Crippen molar-refractivity contribution in [3.8, 4) is 5.75 Å². The van der Waals surface area contributed by atoms with Crippen molar-refractivity contribution in [3.63, 3.8) is 0 Å². The van der Waals surface area contributed by atoms with Crippen LogP contribution in [0.3, 0.4) is 0 Å². The molecule has 128 valence electrons. The molecule has 1 aromatic heterocycles. The van der Waals surface area contributed by atoms with E-state index in [1.807, 2.05) is 12.1 Å². The van der Waals surface area contributed by atoms with Gasteiger partial charge in [-0.3, -0.25) is 4.99 Å². The Balaban J connectivity index is 1.48. The summed E-state index contributed by atoms with van der Waals surface area (Å²) in [6, 6.07) is 14.4. The van der Waals surface area contributed by atoms with Crippen LogP contribution in [0.15, 0.2) is 53.7 Å². The number of nitrogens with zero attached hydrogens (tertiary/aromatic N) is 3. The van der Waals surface area contributed by atoms with Gasteiger partial charge in [-0.15, -0.1) is 0 Å². The van der Waals surface area contributed by atoms with Crippen LogP contribution < -0.4 is 15.8 Å². The van der Waals surface area contributed by atoms with Crippen LogP contribution in [0.25, 0.3) is 0 Å². The Bertz CT molecular complexity index is 1040. The molecule has 0 atom stereocenters. The molecule has 2 aliphatic rings. The molecule has 0 aliphatic carbocycles. The number of hydrogen-bond acceptors (Lipinski definition) is 6. The average Bonchev–Trinajstić information content (AvgIpc) is 3.27. The van der Waals surface area contributed by atoms with Gasteiger partial charge in [-0.1, -0.05) is 6.07 Å². The molecule has 5 rings (SSSR count). The zero-order chi connectivity index (χ0) is 17.5. The molecule has 6 nitrogen and oxygen atoms in total.